The highest BCUT2D eigenvalue weighted by Crippen LogP contribution is 2.20. The van der Waals surface area contributed by atoms with E-state index in [2.05, 4.69) is 10.3 Å². The molecule has 0 aliphatic carbocycles. The fourth-order valence-corrected chi connectivity index (χ4v) is 1.24. The molecule has 1 atom stereocenters. The molecular formula is C10H15N3O3. The molecule has 1 unspecified atom stereocenters. The molecule has 0 spiro atoms. The zero-order valence-corrected chi connectivity index (χ0v) is 9.09. The van der Waals surface area contributed by atoms with Gasteiger partial charge >= 0.3 is 5.69 Å². The molecule has 16 heavy (non-hydrogen) atoms. The summed E-state index contributed by atoms with van der Waals surface area (Å²) in [5.41, 5.74) is -0.0477. The fourth-order valence-electron chi connectivity index (χ4n) is 1.24. The number of pyridine rings is 1. The third-order valence-electron chi connectivity index (χ3n) is 2.22. The summed E-state index contributed by atoms with van der Waals surface area (Å²) in [6, 6.07) is 2.91. The number of aliphatic hydroxyl groups is 1. The number of hydrogen-bond donors (Lipinski definition) is 2. The molecule has 0 amide bonds. The molecule has 0 aromatic carbocycles. The van der Waals surface area contributed by atoms with E-state index < -0.39 is 4.92 Å². The van der Waals surface area contributed by atoms with Gasteiger partial charge in [-0.1, -0.05) is 6.92 Å². The maximum atomic E-state index is 10.7. The topological polar surface area (TPSA) is 88.3 Å². The van der Waals surface area contributed by atoms with Gasteiger partial charge in [-0.25, -0.2) is 4.98 Å². The van der Waals surface area contributed by atoms with Crippen LogP contribution in [0.4, 0.5) is 11.5 Å². The number of anilines is 1. The van der Waals surface area contributed by atoms with Crippen molar-refractivity contribution in [1.82, 2.24) is 4.98 Å². The maximum Gasteiger partial charge on any atom is 0.311 e. The summed E-state index contributed by atoms with van der Waals surface area (Å²) in [5, 5.41) is 22.8. The number of nitro groups is 1. The highest BCUT2D eigenvalue weighted by atomic mass is 16.6. The first kappa shape index (κ1) is 12.4. The lowest BCUT2D eigenvalue weighted by atomic mass is 10.2. The second-order valence-corrected chi connectivity index (χ2v) is 3.41. The average molecular weight is 225 g/mol. The standard InChI is InChI=1S/C10H15N3O3/c1-2-8(14)5-7-12-10-9(13(15)16)4-3-6-11-10/h3-4,6,8,14H,2,5,7H2,1H3,(H,11,12). The second-order valence-electron chi connectivity index (χ2n) is 3.41. The summed E-state index contributed by atoms with van der Waals surface area (Å²) >= 11 is 0. The summed E-state index contributed by atoms with van der Waals surface area (Å²) in [6.45, 7) is 2.35. The van der Waals surface area contributed by atoms with Gasteiger partial charge in [-0.3, -0.25) is 10.1 Å². The molecule has 0 fully saturated rings. The van der Waals surface area contributed by atoms with E-state index in [1.54, 1.807) is 0 Å². The lowest BCUT2D eigenvalue weighted by molar-refractivity contribution is -0.384. The van der Waals surface area contributed by atoms with E-state index in [1.807, 2.05) is 6.92 Å². The molecule has 1 aromatic heterocycles. The van der Waals surface area contributed by atoms with Gasteiger partial charge in [0, 0.05) is 18.8 Å². The van der Waals surface area contributed by atoms with Gasteiger partial charge in [0.2, 0.25) is 5.82 Å². The van der Waals surface area contributed by atoms with E-state index in [0.717, 1.165) is 0 Å². The summed E-state index contributed by atoms with van der Waals surface area (Å²) in [6.07, 6.45) is 2.33. The SMILES string of the molecule is CCC(O)CCNc1ncccc1[N+](=O)[O-]. The van der Waals surface area contributed by atoms with E-state index in [0.29, 0.717) is 19.4 Å². The Morgan fingerprint density at radius 3 is 3.06 bits per heavy atom. The Bertz CT molecular complexity index is 357. The molecule has 0 bridgehead atoms. The number of hydrogen-bond acceptors (Lipinski definition) is 5. The summed E-state index contributed by atoms with van der Waals surface area (Å²) in [5.74, 6) is 0.246. The first-order valence-electron chi connectivity index (χ1n) is 5.16. The zero-order chi connectivity index (χ0) is 12.0. The molecule has 0 radical (unpaired) electrons. The lowest BCUT2D eigenvalue weighted by Gasteiger charge is -2.08. The highest BCUT2D eigenvalue weighted by molar-refractivity contribution is 5.54. The Hall–Kier alpha value is -1.69. The van der Waals surface area contributed by atoms with Crippen LogP contribution in [0.2, 0.25) is 0 Å². The summed E-state index contributed by atoms with van der Waals surface area (Å²) in [7, 11) is 0. The first-order chi connectivity index (χ1) is 7.65. The van der Waals surface area contributed by atoms with E-state index in [-0.39, 0.29) is 17.6 Å². The maximum absolute atomic E-state index is 10.7. The van der Waals surface area contributed by atoms with Crippen molar-refractivity contribution in [2.75, 3.05) is 11.9 Å². The van der Waals surface area contributed by atoms with Crippen molar-refractivity contribution >= 4 is 11.5 Å². The predicted octanol–water partition coefficient (Wildman–Crippen LogP) is 1.56. The van der Waals surface area contributed by atoms with Crippen LogP contribution in [0.5, 0.6) is 0 Å². The van der Waals surface area contributed by atoms with Gasteiger partial charge in [-0.2, -0.15) is 0 Å². The average Bonchev–Trinajstić information content (AvgIpc) is 2.29. The van der Waals surface area contributed by atoms with Crippen LogP contribution in [0.3, 0.4) is 0 Å². The van der Waals surface area contributed by atoms with Gasteiger partial charge in [0.1, 0.15) is 0 Å². The summed E-state index contributed by atoms with van der Waals surface area (Å²) in [4.78, 5) is 14.1. The number of aromatic nitrogens is 1. The number of aliphatic hydroxyl groups excluding tert-OH is 1. The largest absolute Gasteiger partial charge is 0.393 e. The Balaban J connectivity index is 2.56. The van der Waals surface area contributed by atoms with Crippen LogP contribution in [-0.2, 0) is 0 Å². The van der Waals surface area contributed by atoms with Gasteiger partial charge in [-0.15, -0.1) is 0 Å². The molecule has 0 aliphatic rings. The van der Waals surface area contributed by atoms with Crippen LogP contribution in [0.25, 0.3) is 0 Å². The zero-order valence-electron chi connectivity index (χ0n) is 9.09. The van der Waals surface area contributed by atoms with Crippen LogP contribution in [-0.4, -0.2) is 27.7 Å². The molecule has 6 nitrogen and oxygen atoms in total. The molecule has 0 saturated carbocycles. The van der Waals surface area contributed by atoms with Crippen molar-refractivity contribution < 1.29 is 10.0 Å². The Labute approximate surface area is 93.5 Å². The van der Waals surface area contributed by atoms with Crippen LogP contribution in [0.1, 0.15) is 19.8 Å². The van der Waals surface area contributed by atoms with E-state index in [4.69, 9.17) is 0 Å². The molecule has 2 N–H and O–H groups in total. The number of nitrogens with zero attached hydrogens (tertiary/aromatic N) is 2. The predicted molar refractivity (Wildman–Crippen MR) is 60.3 cm³/mol. The normalized spacial score (nSPS) is 12.1. The van der Waals surface area contributed by atoms with Crippen molar-refractivity contribution in [2.45, 2.75) is 25.9 Å². The van der Waals surface area contributed by atoms with E-state index in [9.17, 15) is 15.2 Å². The monoisotopic (exact) mass is 225 g/mol. The Kier molecular flexibility index (Phi) is 4.65. The fraction of sp³-hybridized carbons (Fsp3) is 0.500. The molecule has 6 heteroatoms. The van der Waals surface area contributed by atoms with Gasteiger partial charge in [-0.05, 0) is 18.9 Å². The molecule has 0 saturated heterocycles. The van der Waals surface area contributed by atoms with Crippen LogP contribution in [0, 0.1) is 10.1 Å². The van der Waals surface area contributed by atoms with Gasteiger partial charge in [0.25, 0.3) is 0 Å². The first-order valence-corrected chi connectivity index (χ1v) is 5.16. The van der Waals surface area contributed by atoms with Crippen molar-refractivity contribution in [1.29, 1.82) is 0 Å². The van der Waals surface area contributed by atoms with Crippen molar-refractivity contribution in [3.8, 4) is 0 Å². The third kappa shape index (κ3) is 3.47. The minimum absolute atomic E-state index is 0.0477. The second kappa shape index (κ2) is 6.02. The van der Waals surface area contributed by atoms with E-state index in [1.165, 1.54) is 18.3 Å². The quantitative estimate of drug-likeness (QED) is 0.566. The number of nitrogens with one attached hydrogen (secondary N) is 1. The Morgan fingerprint density at radius 2 is 2.44 bits per heavy atom. The summed E-state index contributed by atoms with van der Waals surface area (Å²) < 4.78 is 0. The van der Waals surface area contributed by atoms with E-state index >= 15 is 0 Å². The minimum atomic E-state index is -0.481. The highest BCUT2D eigenvalue weighted by Gasteiger charge is 2.13. The van der Waals surface area contributed by atoms with Crippen molar-refractivity contribution in [2.24, 2.45) is 0 Å². The smallest absolute Gasteiger partial charge is 0.311 e. The third-order valence-corrected chi connectivity index (χ3v) is 2.22. The van der Waals surface area contributed by atoms with Gasteiger partial charge in [0.05, 0.1) is 11.0 Å². The van der Waals surface area contributed by atoms with Gasteiger partial charge < -0.3 is 10.4 Å². The lowest BCUT2D eigenvalue weighted by Crippen LogP contribution is -2.13. The van der Waals surface area contributed by atoms with Gasteiger partial charge in [0.15, 0.2) is 0 Å². The molecule has 88 valence electrons. The van der Waals surface area contributed by atoms with Crippen LogP contribution in [0.15, 0.2) is 18.3 Å². The Morgan fingerprint density at radius 1 is 1.69 bits per heavy atom. The minimum Gasteiger partial charge on any atom is -0.393 e. The molecule has 1 aromatic rings. The number of rotatable bonds is 6. The van der Waals surface area contributed by atoms with Crippen molar-refractivity contribution in [3.63, 3.8) is 0 Å². The van der Waals surface area contributed by atoms with Crippen molar-refractivity contribution in [3.05, 3.63) is 28.4 Å². The van der Waals surface area contributed by atoms with Crippen LogP contribution < -0.4 is 5.32 Å². The molecule has 0 aliphatic heterocycles. The molecule has 1 heterocycles. The van der Waals surface area contributed by atoms with Crippen LogP contribution >= 0.6 is 0 Å². The molecule has 1 rings (SSSR count). The molecular weight excluding hydrogens is 210 g/mol.